The summed E-state index contributed by atoms with van der Waals surface area (Å²) in [4.78, 5) is 20.1. The highest BCUT2D eigenvalue weighted by atomic mass is 32.1. The van der Waals surface area contributed by atoms with Crippen molar-refractivity contribution in [2.45, 2.75) is 12.7 Å². The van der Waals surface area contributed by atoms with Gasteiger partial charge in [0.25, 0.3) is 5.91 Å². The summed E-state index contributed by atoms with van der Waals surface area (Å²) in [7, 11) is 0. The zero-order chi connectivity index (χ0) is 18.0. The zero-order valence-electron chi connectivity index (χ0n) is 13.3. The van der Waals surface area contributed by atoms with Crippen molar-refractivity contribution in [2.24, 2.45) is 5.73 Å². The van der Waals surface area contributed by atoms with Gasteiger partial charge in [-0.05, 0) is 18.2 Å². The molecule has 1 saturated heterocycles. The molecule has 5 nitrogen and oxygen atoms in total. The van der Waals surface area contributed by atoms with E-state index < -0.39 is 11.7 Å². The van der Waals surface area contributed by atoms with Gasteiger partial charge in [0.2, 0.25) is 0 Å². The van der Waals surface area contributed by atoms with Crippen LogP contribution in [-0.4, -0.2) is 42.0 Å². The molecule has 0 bridgehead atoms. The van der Waals surface area contributed by atoms with Gasteiger partial charge in [-0.15, -0.1) is 11.3 Å². The fraction of sp³-hybridized carbons (Fsp3) is 0.375. The highest BCUT2D eigenvalue weighted by Gasteiger charge is 2.31. The summed E-state index contributed by atoms with van der Waals surface area (Å²) in [6.45, 7) is 2.11. The van der Waals surface area contributed by atoms with Crippen LogP contribution in [0.4, 0.5) is 18.9 Å². The molecule has 2 N–H and O–H groups in total. The number of amides is 1. The number of piperazine rings is 1. The Balaban J connectivity index is 1.65. The van der Waals surface area contributed by atoms with E-state index >= 15 is 0 Å². The van der Waals surface area contributed by atoms with Gasteiger partial charge in [0.05, 0.1) is 5.56 Å². The molecular formula is C16H17F3N4OS. The van der Waals surface area contributed by atoms with Crippen LogP contribution >= 0.6 is 11.3 Å². The van der Waals surface area contributed by atoms with Crippen LogP contribution in [0.15, 0.2) is 29.6 Å². The lowest BCUT2D eigenvalue weighted by Crippen LogP contribution is -2.49. The Bertz CT molecular complexity index is 754. The summed E-state index contributed by atoms with van der Waals surface area (Å²) in [6, 6.07) is 5.26. The van der Waals surface area contributed by atoms with Crippen LogP contribution in [0.2, 0.25) is 0 Å². The number of nitrogens with two attached hydrogens (primary N) is 1. The van der Waals surface area contributed by atoms with E-state index in [9.17, 15) is 18.0 Å². The topological polar surface area (TPSA) is 62.5 Å². The smallest absolute Gasteiger partial charge is 0.368 e. The molecule has 1 aliphatic heterocycles. The minimum absolute atomic E-state index is 0.167. The van der Waals surface area contributed by atoms with Crippen molar-refractivity contribution in [3.63, 3.8) is 0 Å². The largest absolute Gasteiger partial charge is 0.416 e. The van der Waals surface area contributed by atoms with Crippen molar-refractivity contribution in [3.05, 3.63) is 45.9 Å². The van der Waals surface area contributed by atoms with Crippen LogP contribution in [-0.2, 0) is 12.7 Å². The van der Waals surface area contributed by atoms with Gasteiger partial charge in [0.1, 0.15) is 10.7 Å². The molecule has 1 aromatic heterocycles. The van der Waals surface area contributed by atoms with Crippen molar-refractivity contribution in [2.75, 3.05) is 31.1 Å². The molecule has 0 saturated carbocycles. The molecule has 0 radical (unpaired) electrons. The average Bonchev–Trinajstić information content (AvgIpc) is 3.10. The van der Waals surface area contributed by atoms with E-state index in [4.69, 9.17) is 5.73 Å². The summed E-state index contributed by atoms with van der Waals surface area (Å²) in [5, 5.41) is 2.38. The molecule has 0 aliphatic carbocycles. The quantitative estimate of drug-likeness (QED) is 0.902. The van der Waals surface area contributed by atoms with E-state index in [1.807, 2.05) is 4.90 Å². The van der Waals surface area contributed by atoms with Gasteiger partial charge in [0, 0.05) is 43.8 Å². The number of nitrogens with zero attached hydrogens (tertiary/aromatic N) is 3. The first-order valence-electron chi connectivity index (χ1n) is 7.74. The maximum absolute atomic E-state index is 12.8. The number of thiazole rings is 1. The van der Waals surface area contributed by atoms with E-state index in [0.717, 1.165) is 12.1 Å². The molecule has 0 atom stereocenters. The summed E-state index contributed by atoms with van der Waals surface area (Å²) >= 11 is 1.34. The van der Waals surface area contributed by atoms with Crippen LogP contribution < -0.4 is 10.6 Å². The van der Waals surface area contributed by atoms with E-state index in [1.165, 1.54) is 17.4 Å². The highest BCUT2D eigenvalue weighted by molar-refractivity contribution is 7.09. The minimum Gasteiger partial charge on any atom is -0.368 e. The summed E-state index contributed by atoms with van der Waals surface area (Å²) in [5.41, 5.74) is 5.72. The Morgan fingerprint density at radius 2 is 1.96 bits per heavy atom. The molecule has 25 heavy (non-hydrogen) atoms. The monoisotopic (exact) mass is 370 g/mol. The molecule has 0 unspecified atom stereocenters. The predicted octanol–water partition coefficient (Wildman–Crippen LogP) is 2.58. The van der Waals surface area contributed by atoms with Crippen LogP contribution in [0.25, 0.3) is 0 Å². The number of carbonyl (C=O) groups excluding carboxylic acids is 1. The molecule has 1 amide bonds. The summed E-state index contributed by atoms with van der Waals surface area (Å²) in [5.74, 6) is -0.167. The number of aromatic nitrogens is 1. The normalized spacial score (nSPS) is 15.5. The molecular weight excluding hydrogens is 353 g/mol. The van der Waals surface area contributed by atoms with Crippen LogP contribution in [0.3, 0.4) is 0 Å². The van der Waals surface area contributed by atoms with Gasteiger partial charge in [0.15, 0.2) is 0 Å². The summed E-state index contributed by atoms with van der Waals surface area (Å²) < 4.78 is 38.5. The highest BCUT2D eigenvalue weighted by Crippen LogP contribution is 2.31. The number of benzene rings is 1. The number of carbonyl (C=O) groups is 1. The number of hydrogen-bond acceptors (Lipinski definition) is 5. The third-order valence-corrected chi connectivity index (χ3v) is 4.92. The summed E-state index contributed by atoms with van der Waals surface area (Å²) in [6.07, 6.45) is -4.36. The molecule has 2 heterocycles. The maximum atomic E-state index is 12.8. The van der Waals surface area contributed by atoms with E-state index in [-0.39, 0.29) is 5.91 Å². The fourth-order valence-electron chi connectivity index (χ4n) is 2.71. The zero-order valence-corrected chi connectivity index (χ0v) is 14.1. The fourth-order valence-corrected chi connectivity index (χ4v) is 3.36. The molecule has 9 heteroatoms. The van der Waals surface area contributed by atoms with Crippen molar-refractivity contribution < 1.29 is 18.0 Å². The van der Waals surface area contributed by atoms with Crippen molar-refractivity contribution in [3.8, 4) is 0 Å². The van der Waals surface area contributed by atoms with Crippen molar-refractivity contribution in [1.29, 1.82) is 0 Å². The first-order chi connectivity index (χ1) is 11.9. The van der Waals surface area contributed by atoms with E-state index in [1.54, 1.807) is 16.3 Å². The molecule has 1 aromatic carbocycles. The Labute approximate surface area is 146 Å². The van der Waals surface area contributed by atoms with Crippen molar-refractivity contribution in [1.82, 2.24) is 9.88 Å². The van der Waals surface area contributed by atoms with Gasteiger partial charge >= 0.3 is 6.18 Å². The Hall–Kier alpha value is -2.13. The molecule has 1 aliphatic rings. The molecule has 134 valence electrons. The lowest BCUT2D eigenvalue weighted by molar-refractivity contribution is -0.137. The molecule has 2 aromatic rings. The maximum Gasteiger partial charge on any atom is 0.416 e. The first-order valence-corrected chi connectivity index (χ1v) is 8.62. The van der Waals surface area contributed by atoms with E-state index in [0.29, 0.717) is 49.1 Å². The second-order valence-electron chi connectivity index (χ2n) is 5.66. The average molecular weight is 370 g/mol. The van der Waals surface area contributed by atoms with Crippen molar-refractivity contribution >= 4 is 22.9 Å². The molecule has 3 rings (SSSR count). The minimum atomic E-state index is -4.36. The van der Waals surface area contributed by atoms with E-state index in [2.05, 4.69) is 4.98 Å². The number of hydrogen-bond donors (Lipinski definition) is 1. The third kappa shape index (κ3) is 3.93. The Morgan fingerprint density at radius 1 is 1.24 bits per heavy atom. The second-order valence-corrected chi connectivity index (χ2v) is 6.60. The van der Waals surface area contributed by atoms with Gasteiger partial charge in [-0.1, -0.05) is 6.07 Å². The SMILES string of the molecule is NCc1nc(C(=O)N2CCN(c3cccc(C(F)(F)F)c3)CC2)cs1. The number of alkyl halides is 3. The molecule has 1 fully saturated rings. The van der Waals surface area contributed by atoms with Gasteiger partial charge in [-0.2, -0.15) is 13.2 Å². The van der Waals surface area contributed by atoms with Crippen LogP contribution in [0.1, 0.15) is 21.1 Å². The number of anilines is 1. The number of rotatable bonds is 3. The molecule has 0 spiro atoms. The van der Waals surface area contributed by atoms with Gasteiger partial charge in [-0.3, -0.25) is 4.79 Å². The first kappa shape index (κ1) is 17.7. The van der Waals surface area contributed by atoms with Gasteiger partial charge < -0.3 is 15.5 Å². The van der Waals surface area contributed by atoms with Crippen LogP contribution in [0, 0.1) is 0 Å². The second kappa shape index (κ2) is 7.01. The Morgan fingerprint density at radius 3 is 2.56 bits per heavy atom. The van der Waals surface area contributed by atoms with Crippen LogP contribution in [0.5, 0.6) is 0 Å². The lowest BCUT2D eigenvalue weighted by atomic mass is 10.1. The lowest BCUT2D eigenvalue weighted by Gasteiger charge is -2.36. The standard InChI is InChI=1S/C16H17F3N4OS/c17-16(18,19)11-2-1-3-12(8-11)22-4-6-23(7-5-22)15(24)13-10-25-14(9-20)21-13/h1-3,8,10H,4-7,9,20H2. The predicted molar refractivity (Wildman–Crippen MR) is 89.6 cm³/mol. The Kier molecular flexibility index (Phi) is 4.96. The van der Waals surface area contributed by atoms with Gasteiger partial charge in [-0.25, -0.2) is 4.98 Å². The number of halogens is 3. The third-order valence-electron chi connectivity index (χ3n) is 4.05.